The van der Waals surface area contributed by atoms with E-state index in [-0.39, 0.29) is 11.8 Å². The van der Waals surface area contributed by atoms with Crippen LogP contribution < -0.4 is 15.5 Å². The van der Waals surface area contributed by atoms with Crippen LogP contribution in [0.1, 0.15) is 59.2 Å². The van der Waals surface area contributed by atoms with Crippen LogP contribution in [-0.4, -0.2) is 114 Å². The SMILES string of the molecule is NC[C@H]1CCC[C@@H]1CN1CCN(c2nsc3ccccc23)CC1.O=C1c2ccccc2C(=O)N1C[C@H]1CCC[C@@H]1CN1CCN(c2nsc3ccccc23)CC1. The topological polar surface area (TPSA) is 102 Å². The van der Waals surface area contributed by atoms with Gasteiger partial charge in [0.05, 0.1) is 20.5 Å². The second-order valence-electron chi connectivity index (χ2n) is 16.5. The molecule has 0 spiro atoms. The fourth-order valence-corrected chi connectivity index (χ4v) is 11.6. The number of benzene rings is 3. The molecule has 3 aliphatic heterocycles. The summed E-state index contributed by atoms with van der Waals surface area (Å²) in [5.74, 6) is 4.59. The van der Waals surface area contributed by atoms with Crippen molar-refractivity contribution in [3.8, 4) is 0 Å². The van der Waals surface area contributed by atoms with Crippen LogP contribution >= 0.6 is 23.1 Å². The number of fused-ring (bicyclic) bond motifs is 3. The van der Waals surface area contributed by atoms with Gasteiger partial charge in [-0.1, -0.05) is 49.2 Å². The first-order chi connectivity index (χ1) is 27.5. The van der Waals surface area contributed by atoms with E-state index in [0.717, 1.165) is 89.5 Å². The molecule has 2 N–H and O–H groups in total. The standard InChI is InChI=1S/C26H28N4O2S.C18H26N4S/c31-25-20-8-1-2-9-21(20)26(32)30(25)17-19-7-5-6-18(19)16-28-12-14-29(15-13-28)24-22-10-3-4-11-23(22)33-27-24;19-12-14-4-3-5-15(14)13-21-8-10-22(11-9-21)18-16-6-1-2-7-17(16)23-20-18/h1-4,8-11,18-19H,5-7,12-17H2;1-2,6-7,14-15H,3-5,8-13,19H2/t18-,19-;14-,15-/m11/s1. The Labute approximate surface area is 338 Å². The second-order valence-corrected chi connectivity index (χ2v) is 18.1. The summed E-state index contributed by atoms with van der Waals surface area (Å²) in [5.41, 5.74) is 7.05. The molecule has 2 amide bonds. The average Bonchev–Trinajstić information content (AvgIpc) is 4.09. The molecule has 2 aromatic heterocycles. The lowest BCUT2D eigenvalue weighted by molar-refractivity contribution is 0.0608. The van der Waals surface area contributed by atoms with Gasteiger partial charge < -0.3 is 15.5 Å². The number of aromatic nitrogens is 2. The van der Waals surface area contributed by atoms with Gasteiger partial charge in [-0.15, -0.1) is 0 Å². The highest BCUT2D eigenvalue weighted by Crippen LogP contribution is 2.37. The van der Waals surface area contributed by atoms with Gasteiger partial charge in [-0.2, -0.15) is 8.75 Å². The predicted molar refractivity (Wildman–Crippen MR) is 229 cm³/mol. The summed E-state index contributed by atoms with van der Waals surface area (Å²) >= 11 is 3.20. The van der Waals surface area contributed by atoms with Crippen molar-refractivity contribution in [3.63, 3.8) is 0 Å². The third-order valence-corrected chi connectivity index (χ3v) is 14.9. The van der Waals surface area contributed by atoms with Crippen molar-refractivity contribution in [2.75, 3.05) is 88.3 Å². The van der Waals surface area contributed by atoms with Crippen LogP contribution in [0.15, 0.2) is 72.8 Å². The van der Waals surface area contributed by atoms with E-state index in [1.165, 1.54) is 69.5 Å². The fourth-order valence-electron chi connectivity index (χ4n) is 10.0. The zero-order chi connectivity index (χ0) is 38.0. The Balaban J connectivity index is 0.000000156. The summed E-state index contributed by atoms with van der Waals surface area (Å²) in [6.45, 7) is 12.3. The number of piperazine rings is 2. The van der Waals surface area contributed by atoms with E-state index >= 15 is 0 Å². The van der Waals surface area contributed by atoms with E-state index in [1.54, 1.807) is 35.2 Å². The number of carbonyl (C=O) groups is 2. The Morgan fingerprint density at radius 3 is 1.43 bits per heavy atom. The fraction of sp³-hybridized carbons (Fsp3) is 0.500. The number of nitrogens with two attached hydrogens (primary N) is 1. The number of imide groups is 1. The van der Waals surface area contributed by atoms with Crippen molar-refractivity contribution in [1.82, 2.24) is 23.4 Å². The normalized spacial score (nSPS) is 24.7. The second kappa shape index (κ2) is 16.9. The zero-order valence-corrected chi connectivity index (χ0v) is 33.9. The molecule has 10 rings (SSSR count). The van der Waals surface area contributed by atoms with Gasteiger partial charge in [0.1, 0.15) is 11.6 Å². The lowest BCUT2D eigenvalue weighted by Crippen LogP contribution is -2.48. The highest BCUT2D eigenvalue weighted by Gasteiger charge is 2.39. The lowest BCUT2D eigenvalue weighted by Gasteiger charge is -2.37. The van der Waals surface area contributed by atoms with Gasteiger partial charge >= 0.3 is 0 Å². The Bertz CT molecular complexity index is 2100. The van der Waals surface area contributed by atoms with Gasteiger partial charge in [-0.25, -0.2) is 0 Å². The minimum Gasteiger partial charge on any atom is -0.353 e. The summed E-state index contributed by atoms with van der Waals surface area (Å²) in [6.07, 6.45) is 7.55. The molecular formula is C44H54N8O2S2. The smallest absolute Gasteiger partial charge is 0.261 e. The molecule has 12 heteroatoms. The quantitative estimate of drug-likeness (QED) is 0.160. The molecule has 5 aromatic rings. The molecule has 2 saturated carbocycles. The van der Waals surface area contributed by atoms with Crippen molar-refractivity contribution in [1.29, 1.82) is 0 Å². The minimum atomic E-state index is -0.120. The summed E-state index contributed by atoms with van der Waals surface area (Å²) in [4.78, 5) is 37.2. The molecule has 2 aliphatic carbocycles. The Morgan fingerprint density at radius 2 is 0.946 bits per heavy atom. The number of hydrogen-bond donors (Lipinski definition) is 1. The average molecular weight is 791 g/mol. The van der Waals surface area contributed by atoms with E-state index in [9.17, 15) is 9.59 Å². The number of anilines is 2. The Morgan fingerprint density at radius 1 is 0.536 bits per heavy atom. The number of nitrogens with zero attached hydrogens (tertiary/aromatic N) is 7. The van der Waals surface area contributed by atoms with Crippen LogP contribution in [0.25, 0.3) is 20.2 Å². The maximum atomic E-state index is 12.8. The van der Waals surface area contributed by atoms with Crippen LogP contribution in [-0.2, 0) is 0 Å². The molecule has 4 atom stereocenters. The van der Waals surface area contributed by atoms with Crippen molar-refractivity contribution in [2.24, 2.45) is 29.4 Å². The van der Waals surface area contributed by atoms with Crippen LogP contribution in [0.2, 0.25) is 0 Å². The highest BCUT2D eigenvalue weighted by molar-refractivity contribution is 7.14. The van der Waals surface area contributed by atoms with Crippen molar-refractivity contribution in [2.45, 2.75) is 38.5 Å². The highest BCUT2D eigenvalue weighted by atomic mass is 32.1. The zero-order valence-electron chi connectivity index (χ0n) is 32.3. The number of rotatable bonds is 9. The maximum Gasteiger partial charge on any atom is 0.261 e. The molecule has 10 nitrogen and oxygen atoms in total. The van der Waals surface area contributed by atoms with E-state index in [1.807, 2.05) is 12.1 Å². The molecule has 0 unspecified atom stereocenters. The van der Waals surface area contributed by atoms with E-state index in [0.29, 0.717) is 29.5 Å². The van der Waals surface area contributed by atoms with Gasteiger partial charge in [0.15, 0.2) is 0 Å². The molecule has 2 saturated heterocycles. The first kappa shape index (κ1) is 37.6. The summed E-state index contributed by atoms with van der Waals surface area (Å²) in [7, 11) is 0. The monoisotopic (exact) mass is 790 g/mol. The Kier molecular flexibility index (Phi) is 11.3. The first-order valence-corrected chi connectivity index (χ1v) is 22.4. The van der Waals surface area contributed by atoms with Crippen LogP contribution in [0, 0.1) is 23.7 Å². The molecule has 0 radical (unpaired) electrons. The lowest BCUT2D eigenvalue weighted by atomic mass is 9.94. The van der Waals surface area contributed by atoms with E-state index in [2.05, 4.69) is 68.1 Å². The van der Waals surface area contributed by atoms with Crippen molar-refractivity contribution in [3.05, 3.63) is 83.9 Å². The Hall–Kier alpha value is -3.94. The molecule has 5 aliphatic rings. The number of carbonyl (C=O) groups excluding carboxylic acids is 2. The summed E-state index contributed by atoms with van der Waals surface area (Å²) < 4.78 is 12.0. The number of hydrogen-bond acceptors (Lipinski definition) is 11. The molecule has 294 valence electrons. The van der Waals surface area contributed by atoms with Gasteiger partial charge in [0, 0.05) is 82.8 Å². The van der Waals surface area contributed by atoms with Gasteiger partial charge in [0.25, 0.3) is 11.8 Å². The maximum absolute atomic E-state index is 12.8. The molecule has 4 fully saturated rings. The molecule has 0 bridgehead atoms. The minimum absolute atomic E-state index is 0.120. The largest absolute Gasteiger partial charge is 0.353 e. The molecule has 3 aromatic carbocycles. The van der Waals surface area contributed by atoms with Crippen molar-refractivity contribution >= 4 is 66.7 Å². The van der Waals surface area contributed by atoms with Gasteiger partial charge in [0.2, 0.25) is 0 Å². The van der Waals surface area contributed by atoms with Gasteiger partial charge in [-0.05, 0) is 115 Å². The molecule has 5 heterocycles. The predicted octanol–water partition coefficient (Wildman–Crippen LogP) is 6.92. The third kappa shape index (κ3) is 7.70. The first-order valence-electron chi connectivity index (χ1n) is 20.8. The van der Waals surface area contributed by atoms with Crippen molar-refractivity contribution < 1.29 is 9.59 Å². The number of amides is 2. The van der Waals surface area contributed by atoms with Gasteiger partial charge in [-0.3, -0.25) is 24.3 Å². The summed E-state index contributed by atoms with van der Waals surface area (Å²) in [6, 6.07) is 24.3. The summed E-state index contributed by atoms with van der Waals surface area (Å²) in [5, 5.41) is 2.57. The van der Waals surface area contributed by atoms with Crippen LogP contribution in [0.3, 0.4) is 0 Å². The van der Waals surface area contributed by atoms with Crippen LogP contribution in [0.5, 0.6) is 0 Å². The molecule has 56 heavy (non-hydrogen) atoms. The molecular weight excluding hydrogens is 737 g/mol. The van der Waals surface area contributed by atoms with E-state index in [4.69, 9.17) is 14.5 Å². The van der Waals surface area contributed by atoms with Crippen LogP contribution in [0.4, 0.5) is 11.6 Å². The third-order valence-electron chi connectivity index (χ3n) is 13.3. The van der Waals surface area contributed by atoms with E-state index < -0.39 is 0 Å².